The fourth-order valence-corrected chi connectivity index (χ4v) is 2.46. The predicted molar refractivity (Wildman–Crippen MR) is 87.3 cm³/mol. The summed E-state index contributed by atoms with van der Waals surface area (Å²) in [5.41, 5.74) is -0.523. The van der Waals surface area contributed by atoms with E-state index in [4.69, 9.17) is 0 Å². The number of amides is 1. The normalized spacial score (nSPS) is 12.5. The molecule has 10 heteroatoms. The van der Waals surface area contributed by atoms with Gasteiger partial charge in [-0.05, 0) is 54.4 Å². The van der Waals surface area contributed by atoms with E-state index in [1.165, 1.54) is 24.3 Å². The lowest BCUT2D eigenvalue weighted by molar-refractivity contribution is -0.137. The Labute approximate surface area is 148 Å². The Morgan fingerprint density at radius 3 is 2.27 bits per heavy atom. The Morgan fingerprint density at radius 1 is 1.08 bits per heavy atom. The third kappa shape index (κ3) is 5.81. The van der Waals surface area contributed by atoms with Gasteiger partial charge in [-0.1, -0.05) is 0 Å². The minimum atomic E-state index is -4.59. The van der Waals surface area contributed by atoms with Gasteiger partial charge < -0.3 is 14.6 Å². The van der Waals surface area contributed by atoms with Crippen molar-refractivity contribution in [3.63, 3.8) is 0 Å². The first-order valence-corrected chi connectivity index (χ1v) is 8.34. The molecule has 26 heavy (non-hydrogen) atoms. The largest absolute Gasteiger partial charge is 0.755 e. The summed E-state index contributed by atoms with van der Waals surface area (Å²) in [6.45, 7) is 0. The molecule has 2 aromatic carbocycles. The van der Waals surface area contributed by atoms with Crippen LogP contribution in [0.3, 0.4) is 0 Å². The average molecular weight is 389 g/mol. The summed E-state index contributed by atoms with van der Waals surface area (Å²) in [6, 6.07) is 7.77. The molecule has 1 unspecified atom stereocenters. The number of aryl methyl sites for hydroxylation is 1. The molecule has 0 aliphatic carbocycles. The molecule has 0 fully saturated rings. The van der Waals surface area contributed by atoms with Gasteiger partial charge in [0.25, 0.3) is 0 Å². The topological polar surface area (TPSA) is 81.3 Å². The highest BCUT2D eigenvalue weighted by Crippen LogP contribution is 2.30. The second kappa shape index (κ2) is 8.28. The SMILES string of the molecule is O=C(CCc1cc(C(F)(F)F)ccc1F)Nc1ccc(NS(=O)[O-])cc1. The third-order valence-electron chi connectivity index (χ3n) is 3.36. The van der Waals surface area contributed by atoms with Crippen molar-refractivity contribution in [2.24, 2.45) is 0 Å². The number of hydrogen-bond acceptors (Lipinski definition) is 3. The van der Waals surface area contributed by atoms with E-state index in [0.29, 0.717) is 23.5 Å². The molecule has 1 atom stereocenters. The molecule has 5 nitrogen and oxygen atoms in total. The average Bonchev–Trinajstić information content (AvgIpc) is 2.54. The molecule has 0 aliphatic heterocycles. The molecule has 0 spiro atoms. The fraction of sp³-hybridized carbons (Fsp3) is 0.188. The number of halogens is 4. The summed E-state index contributed by atoms with van der Waals surface area (Å²) < 4.78 is 74.7. The van der Waals surface area contributed by atoms with E-state index in [-0.39, 0.29) is 18.4 Å². The summed E-state index contributed by atoms with van der Waals surface area (Å²) in [5.74, 6) is -1.33. The molecule has 2 N–H and O–H groups in total. The minimum absolute atomic E-state index is 0.198. The van der Waals surface area contributed by atoms with Gasteiger partial charge in [-0.3, -0.25) is 9.00 Å². The highest BCUT2D eigenvalue weighted by molar-refractivity contribution is 7.80. The molecule has 0 radical (unpaired) electrons. The van der Waals surface area contributed by atoms with Crippen LogP contribution in [0.4, 0.5) is 28.9 Å². The lowest BCUT2D eigenvalue weighted by Gasteiger charge is -2.11. The molecule has 0 aliphatic rings. The van der Waals surface area contributed by atoms with Crippen LogP contribution >= 0.6 is 0 Å². The van der Waals surface area contributed by atoms with Crippen LogP contribution in [0.25, 0.3) is 0 Å². The van der Waals surface area contributed by atoms with E-state index < -0.39 is 34.7 Å². The summed E-state index contributed by atoms with van der Waals surface area (Å²) in [6.07, 6.45) is -5.01. The number of anilines is 2. The highest BCUT2D eigenvalue weighted by atomic mass is 32.2. The Morgan fingerprint density at radius 2 is 1.69 bits per heavy atom. The standard InChI is InChI=1S/C16H14F4N2O3S/c17-14-7-2-11(16(18,19)20)9-10(14)1-8-15(23)21-12-3-5-13(6-4-12)22-26(24)25/h2-7,9,22H,1,8H2,(H,21,23)(H,24,25)/p-1. The van der Waals surface area contributed by atoms with E-state index in [9.17, 15) is 31.1 Å². The maximum Gasteiger partial charge on any atom is 0.416 e. The summed E-state index contributed by atoms with van der Waals surface area (Å²) in [7, 11) is 0. The number of carbonyl (C=O) groups is 1. The van der Waals surface area contributed by atoms with Crippen LogP contribution in [0.5, 0.6) is 0 Å². The number of carbonyl (C=O) groups excluding carboxylic acids is 1. The van der Waals surface area contributed by atoms with Crippen LogP contribution in [-0.2, 0) is 28.7 Å². The van der Waals surface area contributed by atoms with Gasteiger partial charge in [0.1, 0.15) is 5.82 Å². The van der Waals surface area contributed by atoms with E-state index in [1.807, 2.05) is 0 Å². The maximum absolute atomic E-state index is 13.6. The maximum atomic E-state index is 13.6. The molecule has 0 aromatic heterocycles. The van der Waals surface area contributed by atoms with E-state index in [0.717, 1.165) is 6.07 Å². The molecule has 0 saturated carbocycles. The van der Waals surface area contributed by atoms with E-state index in [2.05, 4.69) is 10.0 Å². The van der Waals surface area contributed by atoms with Gasteiger partial charge in [-0.25, -0.2) is 4.39 Å². The Bertz CT molecular complexity index is 810. The fourth-order valence-electron chi connectivity index (χ4n) is 2.13. The van der Waals surface area contributed by atoms with Crippen LogP contribution < -0.4 is 10.0 Å². The number of hydrogen-bond donors (Lipinski definition) is 2. The van der Waals surface area contributed by atoms with Gasteiger partial charge in [-0.2, -0.15) is 13.2 Å². The third-order valence-corrected chi connectivity index (χ3v) is 3.77. The van der Waals surface area contributed by atoms with E-state index >= 15 is 0 Å². The van der Waals surface area contributed by atoms with Crippen LogP contribution in [0.2, 0.25) is 0 Å². The number of benzene rings is 2. The quantitative estimate of drug-likeness (QED) is 0.585. The second-order valence-electron chi connectivity index (χ2n) is 5.27. The van der Waals surface area contributed by atoms with Crippen LogP contribution in [0, 0.1) is 5.82 Å². The van der Waals surface area contributed by atoms with Crippen LogP contribution in [0.15, 0.2) is 42.5 Å². The Balaban J connectivity index is 1.95. The van der Waals surface area contributed by atoms with Crippen molar-refractivity contribution < 1.29 is 31.1 Å². The first-order valence-electron chi connectivity index (χ1n) is 7.26. The Kier molecular flexibility index (Phi) is 6.32. The van der Waals surface area contributed by atoms with Gasteiger partial charge in [-0.15, -0.1) is 0 Å². The predicted octanol–water partition coefficient (Wildman–Crippen LogP) is 3.62. The first-order chi connectivity index (χ1) is 12.1. The highest BCUT2D eigenvalue weighted by Gasteiger charge is 2.31. The van der Waals surface area contributed by atoms with Crippen molar-refractivity contribution in [2.75, 3.05) is 10.0 Å². The molecule has 0 heterocycles. The van der Waals surface area contributed by atoms with Crippen molar-refractivity contribution in [1.82, 2.24) is 0 Å². The molecule has 140 valence electrons. The van der Waals surface area contributed by atoms with Gasteiger partial charge in [0.05, 0.1) is 5.56 Å². The zero-order valence-corrected chi connectivity index (χ0v) is 13.9. The molecular formula is C16H13F4N2O3S-. The van der Waals surface area contributed by atoms with Gasteiger partial charge in [0, 0.05) is 29.1 Å². The lowest BCUT2D eigenvalue weighted by Crippen LogP contribution is -2.13. The van der Waals surface area contributed by atoms with Crippen molar-refractivity contribution in [1.29, 1.82) is 0 Å². The summed E-state index contributed by atoms with van der Waals surface area (Å²) >= 11 is -2.47. The molecule has 0 bridgehead atoms. The van der Waals surface area contributed by atoms with Crippen LogP contribution in [-0.4, -0.2) is 14.7 Å². The zero-order chi connectivity index (χ0) is 19.3. The van der Waals surface area contributed by atoms with E-state index in [1.54, 1.807) is 0 Å². The van der Waals surface area contributed by atoms with Crippen LogP contribution in [0.1, 0.15) is 17.5 Å². The number of alkyl halides is 3. The summed E-state index contributed by atoms with van der Waals surface area (Å²) in [4.78, 5) is 11.9. The van der Waals surface area contributed by atoms with Crippen molar-refractivity contribution in [3.05, 3.63) is 59.4 Å². The zero-order valence-electron chi connectivity index (χ0n) is 13.1. The molecule has 2 aromatic rings. The lowest BCUT2D eigenvalue weighted by atomic mass is 10.0. The minimum Gasteiger partial charge on any atom is -0.755 e. The molecule has 2 rings (SSSR count). The molecule has 1 amide bonds. The van der Waals surface area contributed by atoms with Crippen molar-refractivity contribution in [2.45, 2.75) is 19.0 Å². The van der Waals surface area contributed by atoms with Gasteiger partial charge in [0.2, 0.25) is 5.91 Å². The monoisotopic (exact) mass is 389 g/mol. The van der Waals surface area contributed by atoms with Crippen molar-refractivity contribution in [3.8, 4) is 0 Å². The summed E-state index contributed by atoms with van der Waals surface area (Å²) in [5, 5.41) is 2.49. The van der Waals surface area contributed by atoms with Gasteiger partial charge >= 0.3 is 6.18 Å². The number of rotatable bonds is 6. The molecular weight excluding hydrogens is 376 g/mol. The van der Waals surface area contributed by atoms with Crippen molar-refractivity contribution >= 4 is 28.5 Å². The second-order valence-corrected chi connectivity index (χ2v) is 5.94. The Hall–Kier alpha value is -2.46. The number of nitrogens with one attached hydrogen (secondary N) is 2. The molecule has 0 saturated heterocycles. The smallest absolute Gasteiger partial charge is 0.416 e. The van der Waals surface area contributed by atoms with Gasteiger partial charge in [0.15, 0.2) is 0 Å². The first kappa shape index (κ1) is 19.9.